The van der Waals surface area contributed by atoms with Crippen molar-refractivity contribution in [3.05, 3.63) is 45.6 Å². The molecule has 102 valence electrons. The minimum Gasteiger partial charge on any atom is -0.398 e. The van der Waals surface area contributed by atoms with E-state index >= 15 is 0 Å². The van der Waals surface area contributed by atoms with Crippen LogP contribution >= 0.6 is 22.9 Å². The molecule has 0 aliphatic carbocycles. The molecule has 0 bridgehead atoms. The van der Waals surface area contributed by atoms with Gasteiger partial charge in [0, 0.05) is 18.6 Å². The molecule has 1 aromatic heterocycles. The number of nitrogens with zero attached hydrogens (tertiary/aromatic N) is 1. The molecular formula is C12H13ClN2O2S2. The van der Waals surface area contributed by atoms with Crippen LogP contribution in [-0.2, 0) is 16.6 Å². The van der Waals surface area contributed by atoms with E-state index in [0.29, 0.717) is 11.6 Å². The first-order valence-corrected chi connectivity index (χ1v) is 8.20. The summed E-state index contributed by atoms with van der Waals surface area (Å²) in [5.74, 6) is 0. The second-order valence-corrected chi connectivity index (χ2v) is 7.30. The fourth-order valence-corrected chi connectivity index (χ4v) is 3.82. The largest absolute Gasteiger partial charge is 0.398 e. The Morgan fingerprint density at radius 1 is 1.37 bits per heavy atom. The van der Waals surface area contributed by atoms with Crippen molar-refractivity contribution in [3.8, 4) is 0 Å². The Hall–Kier alpha value is -1.08. The smallest absolute Gasteiger partial charge is 0.245 e. The number of anilines is 1. The number of benzene rings is 1. The molecule has 19 heavy (non-hydrogen) atoms. The van der Waals surface area contributed by atoms with Crippen molar-refractivity contribution in [1.29, 1.82) is 0 Å². The Morgan fingerprint density at radius 2 is 2.11 bits per heavy atom. The maximum atomic E-state index is 12.4. The number of sulfonamides is 1. The SMILES string of the molecule is CN(Cc1ccsc1)S(=O)(=O)c1cc(Cl)ccc1N. The second kappa shape index (κ2) is 5.50. The summed E-state index contributed by atoms with van der Waals surface area (Å²) in [6.07, 6.45) is 0. The van der Waals surface area contributed by atoms with Gasteiger partial charge >= 0.3 is 0 Å². The van der Waals surface area contributed by atoms with Gasteiger partial charge in [-0.3, -0.25) is 0 Å². The van der Waals surface area contributed by atoms with E-state index in [1.165, 1.54) is 34.8 Å². The van der Waals surface area contributed by atoms with Crippen molar-refractivity contribution in [2.75, 3.05) is 12.8 Å². The van der Waals surface area contributed by atoms with Crippen molar-refractivity contribution in [3.63, 3.8) is 0 Å². The maximum absolute atomic E-state index is 12.4. The fourth-order valence-electron chi connectivity index (χ4n) is 1.62. The number of thiophene rings is 1. The van der Waals surface area contributed by atoms with E-state index in [1.54, 1.807) is 6.07 Å². The molecule has 2 N–H and O–H groups in total. The summed E-state index contributed by atoms with van der Waals surface area (Å²) in [5, 5.41) is 4.16. The van der Waals surface area contributed by atoms with Crippen LogP contribution in [0.5, 0.6) is 0 Å². The van der Waals surface area contributed by atoms with E-state index < -0.39 is 10.0 Å². The van der Waals surface area contributed by atoms with Crippen LogP contribution in [0.2, 0.25) is 5.02 Å². The van der Waals surface area contributed by atoms with Crippen molar-refractivity contribution >= 4 is 38.6 Å². The molecule has 0 spiro atoms. The third-order valence-corrected chi connectivity index (χ3v) is 5.48. The molecule has 1 heterocycles. The quantitative estimate of drug-likeness (QED) is 0.882. The molecule has 0 unspecified atom stereocenters. The first kappa shape index (κ1) is 14.3. The molecule has 0 fully saturated rings. The van der Waals surface area contributed by atoms with Gasteiger partial charge in [0.25, 0.3) is 0 Å². The van der Waals surface area contributed by atoms with Gasteiger partial charge in [-0.2, -0.15) is 15.6 Å². The highest BCUT2D eigenvalue weighted by Crippen LogP contribution is 2.26. The molecule has 0 radical (unpaired) electrons. The van der Waals surface area contributed by atoms with E-state index in [-0.39, 0.29) is 10.6 Å². The van der Waals surface area contributed by atoms with E-state index in [0.717, 1.165) is 5.56 Å². The summed E-state index contributed by atoms with van der Waals surface area (Å²) in [4.78, 5) is 0.0396. The van der Waals surface area contributed by atoms with Crippen molar-refractivity contribution in [2.45, 2.75) is 11.4 Å². The lowest BCUT2D eigenvalue weighted by atomic mass is 10.3. The molecule has 7 heteroatoms. The van der Waals surface area contributed by atoms with Gasteiger partial charge in [0.1, 0.15) is 4.90 Å². The van der Waals surface area contributed by atoms with Gasteiger partial charge in [-0.05, 0) is 40.6 Å². The summed E-state index contributed by atoms with van der Waals surface area (Å²) in [6, 6.07) is 6.32. The molecule has 0 amide bonds. The zero-order valence-corrected chi connectivity index (χ0v) is 12.6. The predicted octanol–water partition coefficient (Wildman–Crippen LogP) is 2.80. The van der Waals surface area contributed by atoms with Crippen molar-refractivity contribution in [1.82, 2.24) is 4.31 Å². The van der Waals surface area contributed by atoms with Crippen molar-refractivity contribution in [2.24, 2.45) is 0 Å². The van der Waals surface area contributed by atoms with Crippen LogP contribution < -0.4 is 5.73 Å². The highest BCUT2D eigenvalue weighted by atomic mass is 35.5. The topological polar surface area (TPSA) is 63.4 Å². The van der Waals surface area contributed by atoms with Crippen LogP contribution in [0.15, 0.2) is 39.9 Å². The third kappa shape index (κ3) is 3.09. The Balaban J connectivity index is 2.33. The number of nitrogens with two attached hydrogens (primary N) is 1. The first-order chi connectivity index (χ1) is 8.91. The number of halogens is 1. The van der Waals surface area contributed by atoms with Gasteiger partial charge in [-0.25, -0.2) is 8.42 Å². The molecule has 0 aliphatic rings. The third-order valence-electron chi connectivity index (χ3n) is 2.65. The van der Waals surface area contributed by atoms with Crippen LogP contribution in [0.1, 0.15) is 5.56 Å². The van der Waals surface area contributed by atoms with Gasteiger partial charge in [0.15, 0.2) is 0 Å². The van der Waals surface area contributed by atoms with Crippen LogP contribution in [-0.4, -0.2) is 19.8 Å². The number of hydrogen-bond donors (Lipinski definition) is 1. The molecule has 2 aromatic rings. The van der Waals surface area contributed by atoms with Crippen LogP contribution in [0.25, 0.3) is 0 Å². The molecule has 0 aliphatic heterocycles. The lowest BCUT2D eigenvalue weighted by Crippen LogP contribution is -2.27. The lowest BCUT2D eigenvalue weighted by molar-refractivity contribution is 0.467. The van der Waals surface area contributed by atoms with Crippen LogP contribution in [0, 0.1) is 0 Å². The van der Waals surface area contributed by atoms with E-state index in [9.17, 15) is 8.42 Å². The monoisotopic (exact) mass is 316 g/mol. The minimum atomic E-state index is -3.64. The average molecular weight is 317 g/mol. The van der Waals surface area contributed by atoms with Crippen LogP contribution in [0.3, 0.4) is 0 Å². The predicted molar refractivity (Wildman–Crippen MR) is 78.8 cm³/mol. The Bertz CT molecular complexity index is 669. The van der Waals surface area contributed by atoms with Crippen LogP contribution in [0.4, 0.5) is 5.69 Å². The summed E-state index contributed by atoms with van der Waals surface area (Å²) >= 11 is 7.36. The Kier molecular flexibility index (Phi) is 4.15. The second-order valence-electron chi connectivity index (χ2n) is 4.07. The van der Waals surface area contributed by atoms with Gasteiger partial charge in [0.05, 0.1) is 5.69 Å². The van der Waals surface area contributed by atoms with Crippen molar-refractivity contribution < 1.29 is 8.42 Å². The summed E-state index contributed by atoms with van der Waals surface area (Å²) < 4.78 is 26.1. The average Bonchev–Trinajstić information content (AvgIpc) is 2.85. The highest BCUT2D eigenvalue weighted by molar-refractivity contribution is 7.89. The van der Waals surface area contributed by atoms with E-state index in [4.69, 9.17) is 17.3 Å². The zero-order chi connectivity index (χ0) is 14.0. The molecule has 0 saturated carbocycles. The standard InChI is InChI=1S/C12H13ClN2O2S2/c1-15(7-9-4-5-18-8-9)19(16,17)12-6-10(13)2-3-11(12)14/h2-6,8H,7,14H2,1H3. The fraction of sp³-hybridized carbons (Fsp3) is 0.167. The Labute approximate surface area is 121 Å². The number of hydrogen-bond acceptors (Lipinski definition) is 4. The highest BCUT2D eigenvalue weighted by Gasteiger charge is 2.23. The van der Waals surface area contributed by atoms with E-state index in [2.05, 4.69) is 0 Å². The zero-order valence-electron chi connectivity index (χ0n) is 10.2. The van der Waals surface area contributed by atoms with Gasteiger partial charge < -0.3 is 5.73 Å². The van der Waals surface area contributed by atoms with E-state index in [1.807, 2.05) is 16.8 Å². The summed E-state index contributed by atoms with van der Waals surface area (Å²) in [6.45, 7) is 0.303. The molecule has 2 rings (SSSR count). The lowest BCUT2D eigenvalue weighted by Gasteiger charge is -2.18. The summed E-state index contributed by atoms with van der Waals surface area (Å²) in [5.41, 5.74) is 6.86. The molecule has 4 nitrogen and oxygen atoms in total. The Morgan fingerprint density at radius 3 is 2.74 bits per heavy atom. The van der Waals surface area contributed by atoms with Gasteiger partial charge in [0.2, 0.25) is 10.0 Å². The molecule has 0 atom stereocenters. The molecular weight excluding hydrogens is 304 g/mol. The first-order valence-electron chi connectivity index (χ1n) is 5.43. The number of nitrogen functional groups attached to an aromatic ring is 1. The van der Waals surface area contributed by atoms with Gasteiger partial charge in [-0.15, -0.1) is 0 Å². The van der Waals surface area contributed by atoms with Gasteiger partial charge in [-0.1, -0.05) is 11.6 Å². The minimum absolute atomic E-state index is 0.0396. The normalized spacial score (nSPS) is 11.9. The number of rotatable bonds is 4. The molecule has 1 aromatic carbocycles. The maximum Gasteiger partial charge on any atom is 0.245 e. The molecule has 0 saturated heterocycles. The summed E-state index contributed by atoms with van der Waals surface area (Å²) in [7, 11) is -2.12.